The van der Waals surface area contributed by atoms with Gasteiger partial charge in [-0.25, -0.2) is 9.48 Å². The molecule has 0 unspecified atom stereocenters. The second-order valence-electron chi connectivity index (χ2n) is 7.52. The Morgan fingerprint density at radius 1 is 0.971 bits per heavy atom. The normalized spacial score (nSPS) is 10.7. The summed E-state index contributed by atoms with van der Waals surface area (Å²) in [7, 11) is 0. The van der Waals surface area contributed by atoms with Gasteiger partial charge in [-0.1, -0.05) is 48.5 Å². The topological polar surface area (TPSA) is 107 Å². The number of amides is 1. The zero-order chi connectivity index (χ0) is 24.1. The molecule has 4 rings (SSSR count). The molecule has 2 aromatic heterocycles. The lowest BCUT2D eigenvalue weighted by atomic mass is 10.1. The first-order valence-electron chi connectivity index (χ1n) is 10.5. The molecule has 1 amide bonds. The van der Waals surface area contributed by atoms with Crippen LogP contribution in [0.1, 0.15) is 37.5 Å². The molecule has 0 fully saturated rings. The van der Waals surface area contributed by atoms with Crippen LogP contribution < -0.4 is 10.9 Å². The summed E-state index contributed by atoms with van der Waals surface area (Å²) in [5, 5.41) is 7.64. The molecule has 0 saturated heterocycles. The summed E-state index contributed by atoms with van der Waals surface area (Å²) in [4.78, 5) is 50.6. The zero-order valence-electron chi connectivity index (χ0n) is 18.3. The highest BCUT2D eigenvalue weighted by Crippen LogP contribution is 2.18. The minimum Gasteiger partial charge on any atom is -0.452 e. The van der Waals surface area contributed by atoms with Gasteiger partial charge < -0.3 is 10.1 Å². The van der Waals surface area contributed by atoms with Crippen molar-refractivity contribution in [3.8, 4) is 0 Å². The van der Waals surface area contributed by atoms with Crippen molar-refractivity contribution in [2.24, 2.45) is 0 Å². The fourth-order valence-corrected chi connectivity index (χ4v) is 4.23. The third-order valence-corrected chi connectivity index (χ3v) is 6.14. The predicted octanol–water partition coefficient (Wildman–Crippen LogP) is 3.18. The van der Waals surface area contributed by atoms with Gasteiger partial charge >= 0.3 is 5.97 Å². The molecule has 2 heterocycles. The SMILES string of the molecule is CC(=O)NCc1ccc(C(=O)COC(=O)c2nn(Cc3ccccc3)c(=O)c3ccccc23)s1. The Kier molecular flexibility index (Phi) is 6.93. The van der Waals surface area contributed by atoms with Gasteiger partial charge in [0.1, 0.15) is 0 Å². The van der Waals surface area contributed by atoms with E-state index in [-0.39, 0.29) is 29.5 Å². The van der Waals surface area contributed by atoms with Gasteiger partial charge in [-0.3, -0.25) is 14.4 Å². The number of aromatic nitrogens is 2. The standard InChI is InChI=1S/C25H21N3O5S/c1-16(29)26-13-18-11-12-22(34-18)21(30)15-33-25(32)23-19-9-5-6-10-20(19)24(31)28(27-23)14-17-7-3-2-4-8-17/h2-12H,13-15H2,1H3,(H,26,29). The number of carbonyl (C=O) groups excluding carboxylic acids is 3. The summed E-state index contributed by atoms with van der Waals surface area (Å²) in [6, 6.07) is 19.4. The fourth-order valence-electron chi connectivity index (χ4n) is 3.35. The minimum atomic E-state index is -0.790. The lowest BCUT2D eigenvalue weighted by Gasteiger charge is -2.11. The molecule has 0 aliphatic rings. The summed E-state index contributed by atoms with van der Waals surface area (Å²) in [6.45, 7) is 1.47. The van der Waals surface area contributed by atoms with E-state index in [0.29, 0.717) is 22.2 Å². The number of nitrogens with zero attached hydrogens (tertiary/aromatic N) is 2. The molecule has 0 aliphatic carbocycles. The molecule has 0 bridgehead atoms. The Hall–Kier alpha value is -4.11. The molecule has 34 heavy (non-hydrogen) atoms. The molecule has 0 atom stereocenters. The van der Waals surface area contributed by atoms with Crippen LogP contribution in [0.2, 0.25) is 0 Å². The molecular formula is C25H21N3O5S. The number of nitrogens with one attached hydrogen (secondary N) is 1. The number of fused-ring (bicyclic) bond motifs is 1. The van der Waals surface area contributed by atoms with E-state index >= 15 is 0 Å². The van der Waals surface area contributed by atoms with Gasteiger partial charge in [-0.15, -0.1) is 11.3 Å². The van der Waals surface area contributed by atoms with Crippen molar-refractivity contribution in [1.29, 1.82) is 0 Å². The average Bonchev–Trinajstić information content (AvgIpc) is 3.33. The van der Waals surface area contributed by atoms with Crippen LogP contribution in [0.25, 0.3) is 10.8 Å². The number of benzene rings is 2. The van der Waals surface area contributed by atoms with Crippen LogP contribution in [-0.2, 0) is 22.6 Å². The number of ether oxygens (including phenoxy) is 1. The van der Waals surface area contributed by atoms with Crippen LogP contribution >= 0.6 is 11.3 Å². The van der Waals surface area contributed by atoms with Crippen molar-refractivity contribution in [1.82, 2.24) is 15.1 Å². The van der Waals surface area contributed by atoms with Crippen molar-refractivity contribution in [2.75, 3.05) is 6.61 Å². The highest BCUT2D eigenvalue weighted by Gasteiger charge is 2.20. The molecule has 0 spiro atoms. The van der Waals surface area contributed by atoms with E-state index in [1.165, 1.54) is 22.9 Å². The van der Waals surface area contributed by atoms with Gasteiger partial charge in [0.2, 0.25) is 11.7 Å². The van der Waals surface area contributed by atoms with Crippen molar-refractivity contribution in [3.63, 3.8) is 0 Å². The number of hydrogen-bond acceptors (Lipinski definition) is 7. The molecule has 172 valence electrons. The second kappa shape index (κ2) is 10.2. The lowest BCUT2D eigenvalue weighted by molar-refractivity contribution is -0.119. The number of ketones is 1. The minimum absolute atomic E-state index is 0.0311. The van der Waals surface area contributed by atoms with Crippen molar-refractivity contribution < 1.29 is 19.1 Å². The van der Waals surface area contributed by atoms with Crippen molar-refractivity contribution >= 4 is 39.8 Å². The molecular weight excluding hydrogens is 454 g/mol. The van der Waals surface area contributed by atoms with Crippen LogP contribution in [-0.4, -0.2) is 34.0 Å². The van der Waals surface area contributed by atoms with E-state index in [2.05, 4.69) is 10.4 Å². The highest BCUT2D eigenvalue weighted by atomic mass is 32.1. The Balaban J connectivity index is 1.54. The van der Waals surface area contributed by atoms with E-state index < -0.39 is 12.6 Å². The first-order valence-corrected chi connectivity index (χ1v) is 11.3. The fraction of sp³-hybridized carbons (Fsp3) is 0.160. The first-order chi connectivity index (χ1) is 16.4. The van der Waals surface area contributed by atoms with Gasteiger partial charge in [0, 0.05) is 17.2 Å². The lowest BCUT2D eigenvalue weighted by Crippen LogP contribution is -2.27. The number of esters is 1. The van der Waals surface area contributed by atoms with Gasteiger partial charge in [-0.2, -0.15) is 5.10 Å². The molecule has 9 heteroatoms. The van der Waals surface area contributed by atoms with Crippen LogP contribution in [0.4, 0.5) is 0 Å². The number of thiophene rings is 1. The summed E-state index contributed by atoms with van der Waals surface area (Å²) < 4.78 is 6.50. The molecule has 1 N–H and O–H groups in total. The van der Waals surface area contributed by atoms with Gasteiger partial charge in [0.15, 0.2) is 12.3 Å². The molecule has 8 nitrogen and oxygen atoms in total. The first kappa shape index (κ1) is 23.1. The summed E-state index contributed by atoms with van der Waals surface area (Å²) in [5.74, 6) is -1.32. The Morgan fingerprint density at radius 2 is 1.68 bits per heavy atom. The molecule has 0 radical (unpaired) electrons. The average molecular weight is 476 g/mol. The smallest absolute Gasteiger partial charge is 0.359 e. The third kappa shape index (κ3) is 5.26. The third-order valence-electron chi connectivity index (χ3n) is 5.02. The van der Waals surface area contributed by atoms with Gasteiger partial charge in [-0.05, 0) is 23.8 Å². The van der Waals surface area contributed by atoms with Crippen LogP contribution in [0.3, 0.4) is 0 Å². The number of Topliss-reactive ketones (excluding diaryl/α,β-unsaturated/α-hetero) is 1. The van der Waals surface area contributed by atoms with E-state index in [1.54, 1.807) is 36.4 Å². The number of carbonyl (C=O) groups is 3. The van der Waals surface area contributed by atoms with E-state index in [4.69, 9.17) is 4.74 Å². The summed E-state index contributed by atoms with van der Waals surface area (Å²) in [6.07, 6.45) is 0. The summed E-state index contributed by atoms with van der Waals surface area (Å²) >= 11 is 1.22. The van der Waals surface area contributed by atoms with Crippen LogP contribution in [0, 0.1) is 0 Å². The van der Waals surface area contributed by atoms with Crippen molar-refractivity contribution in [3.05, 3.63) is 98.1 Å². The quantitative estimate of drug-likeness (QED) is 0.310. The summed E-state index contributed by atoms with van der Waals surface area (Å²) in [5.41, 5.74) is 0.503. The Labute approximate surface area is 198 Å². The monoisotopic (exact) mass is 475 g/mol. The molecule has 4 aromatic rings. The Morgan fingerprint density at radius 3 is 2.41 bits per heavy atom. The van der Waals surface area contributed by atoms with E-state index in [9.17, 15) is 19.2 Å². The van der Waals surface area contributed by atoms with E-state index in [1.807, 2.05) is 30.3 Å². The maximum Gasteiger partial charge on any atom is 0.359 e. The second-order valence-corrected chi connectivity index (χ2v) is 8.69. The highest BCUT2D eigenvalue weighted by molar-refractivity contribution is 7.14. The van der Waals surface area contributed by atoms with Crippen LogP contribution in [0.5, 0.6) is 0 Å². The largest absolute Gasteiger partial charge is 0.452 e. The molecule has 2 aromatic carbocycles. The number of rotatable bonds is 8. The molecule has 0 aliphatic heterocycles. The Bertz CT molecular complexity index is 1430. The van der Waals surface area contributed by atoms with E-state index in [0.717, 1.165) is 10.4 Å². The maximum absolute atomic E-state index is 12.9. The maximum atomic E-state index is 12.9. The number of hydrogen-bond donors (Lipinski definition) is 1. The van der Waals surface area contributed by atoms with Crippen LogP contribution in [0.15, 0.2) is 71.5 Å². The molecule has 0 saturated carbocycles. The van der Waals surface area contributed by atoms with Gasteiger partial charge in [0.25, 0.3) is 5.56 Å². The zero-order valence-corrected chi connectivity index (χ0v) is 19.1. The predicted molar refractivity (Wildman–Crippen MR) is 128 cm³/mol. The van der Waals surface area contributed by atoms with Gasteiger partial charge in [0.05, 0.1) is 23.4 Å². The van der Waals surface area contributed by atoms with Crippen molar-refractivity contribution in [2.45, 2.75) is 20.0 Å².